The van der Waals surface area contributed by atoms with Crippen LogP contribution in [-0.4, -0.2) is 17.3 Å². The summed E-state index contributed by atoms with van der Waals surface area (Å²) in [5.74, 6) is 5.31. The van der Waals surface area contributed by atoms with Crippen LogP contribution in [0.3, 0.4) is 0 Å². The van der Waals surface area contributed by atoms with Crippen molar-refractivity contribution in [3.8, 4) is 0 Å². The van der Waals surface area contributed by atoms with E-state index in [-0.39, 0.29) is 0 Å². The van der Waals surface area contributed by atoms with Gasteiger partial charge in [-0.2, -0.15) is 0 Å². The smallest absolute Gasteiger partial charge is 0.249 e. The maximum atomic E-state index is 10.7. The summed E-state index contributed by atoms with van der Waals surface area (Å²) in [6.07, 6.45) is 3.10. The Kier molecular flexibility index (Phi) is 4.90. The maximum absolute atomic E-state index is 10.7. The van der Waals surface area contributed by atoms with E-state index in [9.17, 15) is 4.79 Å². The van der Waals surface area contributed by atoms with Gasteiger partial charge in [0.05, 0.1) is 0 Å². The third-order valence-electron chi connectivity index (χ3n) is 1.13. The molecule has 0 spiro atoms. The van der Waals surface area contributed by atoms with Crippen molar-refractivity contribution in [1.82, 2.24) is 5.01 Å². The molecule has 3 nitrogen and oxygen atoms in total. The average molecular weight is 177 g/mol. The summed E-state index contributed by atoms with van der Waals surface area (Å²) in [4.78, 5) is 10.7. The molecule has 0 saturated heterocycles. The second-order valence-electron chi connectivity index (χ2n) is 2.34. The predicted octanol–water partition coefficient (Wildman–Crippen LogP) is 1.24. The minimum atomic E-state index is -0.427. The molecule has 0 fully saturated rings. The number of carbonyl (C=O) groups excluding carboxylic acids is 1. The molecule has 2 N–H and O–H groups in total. The van der Waals surface area contributed by atoms with Crippen molar-refractivity contribution in [1.29, 1.82) is 0 Å². The van der Waals surface area contributed by atoms with Crippen LogP contribution in [0.15, 0.2) is 11.8 Å². The van der Waals surface area contributed by atoms with Gasteiger partial charge in [-0.05, 0) is 18.0 Å². The monoisotopic (exact) mass is 176 g/mol. The number of nitrogens with two attached hydrogens (primary N) is 1. The summed E-state index contributed by atoms with van der Waals surface area (Å²) >= 11 is 5.28. The van der Waals surface area contributed by atoms with Crippen LogP contribution < -0.4 is 5.84 Å². The molecular formula is C7H13ClN2O. The fourth-order valence-corrected chi connectivity index (χ4v) is 0.872. The van der Waals surface area contributed by atoms with Crippen molar-refractivity contribution in [2.24, 2.45) is 5.84 Å². The van der Waals surface area contributed by atoms with Gasteiger partial charge in [0.2, 0.25) is 5.24 Å². The third kappa shape index (κ3) is 4.81. The quantitative estimate of drug-likeness (QED) is 0.304. The van der Waals surface area contributed by atoms with Crippen molar-refractivity contribution >= 4 is 16.8 Å². The molecule has 0 bridgehead atoms. The SMILES string of the molecule is CCC/C(=C\N(C)N)C(=O)Cl. The number of hydrogen-bond acceptors (Lipinski definition) is 3. The molecule has 0 aromatic heterocycles. The van der Waals surface area contributed by atoms with Crippen LogP contribution in [-0.2, 0) is 4.79 Å². The van der Waals surface area contributed by atoms with Crippen molar-refractivity contribution in [2.45, 2.75) is 19.8 Å². The van der Waals surface area contributed by atoms with Crippen LogP contribution in [0.2, 0.25) is 0 Å². The molecule has 0 radical (unpaired) electrons. The van der Waals surface area contributed by atoms with E-state index < -0.39 is 5.24 Å². The normalized spacial score (nSPS) is 11.5. The third-order valence-corrected chi connectivity index (χ3v) is 1.37. The largest absolute Gasteiger partial charge is 0.321 e. The highest BCUT2D eigenvalue weighted by atomic mass is 35.5. The van der Waals surface area contributed by atoms with Crippen LogP contribution in [0.25, 0.3) is 0 Å². The first-order valence-corrected chi connectivity index (χ1v) is 3.83. The Morgan fingerprint density at radius 1 is 1.73 bits per heavy atom. The molecule has 0 amide bonds. The van der Waals surface area contributed by atoms with E-state index in [0.717, 1.165) is 6.42 Å². The van der Waals surface area contributed by atoms with Crippen LogP contribution in [0.4, 0.5) is 0 Å². The fraction of sp³-hybridized carbons (Fsp3) is 0.571. The molecule has 0 atom stereocenters. The van der Waals surface area contributed by atoms with E-state index in [1.165, 1.54) is 5.01 Å². The van der Waals surface area contributed by atoms with E-state index >= 15 is 0 Å². The van der Waals surface area contributed by atoms with E-state index in [1.54, 1.807) is 13.2 Å². The highest BCUT2D eigenvalue weighted by Crippen LogP contribution is 2.08. The van der Waals surface area contributed by atoms with Gasteiger partial charge in [0.1, 0.15) is 0 Å². The summed E-state index contributed by atoms with van der Waals surface area (Å²) in [5, 5.41) is 0.898. The van der Waals surface area contributed by atoms with Crippen molar-refractivity contribution in [2.75, 3.05) is 7.05 Å². The molecule has 0 rings (SSSR count). The van der Waals surface area contributed by atoms with E-state index in [4.69, 9.17) is 17.4 Å². The van der Waals surface area contributed by atoms with Gasteiger partial charge in [0.15, 0.2) is 0 Å². The Labute approximate surface area is 71.8 Å². The molecule has 0 aliphatic rings. The number of carbonyl (C=O) groups is 1. The number of halogens is 1. The second kappa shape index (κ2) is 5.16. The van der Waals surface area contributed by atoms with E-state index in [0.29, 0.717) is 12.0 Å². The molecule has 0 heterocycles. The minimum absolute atomic E-state index is 0.427. The lowest BCUT2D eigenvalue weighted by molar-refractivity contribution is -0.108. The average Bonchev–Trinajstić information content (AvgIpc) is 1.86. The zero-order chi connectivity index (χ0) is 8.85. The van der Waals surface area contributed by atoms with Crippen molar-refractivity contribution < 1.29 is 4.79 Å². The number of hydrogen-bond donors (Lipinski definition) is 1. The van der Waals surface area contributed by atoms with Gasteiger partial charge in [0.25, 0.3) is 0 Å². The number of nitrogens with zero attached hydrogens (tertiary/aromatic N) is 1. The van der Waals surface area contributed by atoms with Gasteiger partial charge in [-0.15, -0.1) is 0 Å². The molecule has 0 unspecified atom stereocenters. The second-order valence-corrected chi connectivity index (χ2v) is 2.69. The molecular weight excluding hydrogens is 164 g/mol. The van der Waals surface area contributed by atoms with Gasteiger partial charge < -0.3 is 5.01 Å². The van der Waals surface area contributed by atoms with Crippen LogP contribution in [0.5, 0.6) is 0 Å². The standard InChI is InChI=1S/C7H13ClN2O/c1-3-4-6(7(8)11)5-10(2)9/h5H,3-4,9H2,1-2H3/b6-5+. The highest BCUT2D eigenvalue weighted by molar-refractivity contribution is 6.67. The Hall–Kier alpha value is -0.540. The molecule has 0 aliphatic heterocycles. The summed E-state index contributed by atoms with van der Waals surface area (Å²) in [6, 6.07) is 0. The summed E-state index contributed by atoms with van der Waals surface area (Å²) in [7, 11) is 1.65. The van der Waals surface area contributed by atoms with Gasteiger partial charge in [-0.1, -0.05) is 13.3 Å². The molecule has 0 aromatic carbocycles. The highest BCUT2D eigenvalue weighted by Gasteiger charge is 2.04. The Bertz CT molecular complexity index is 166. The fourth-order valence-electron chi connectivity index (χ4n) is 0.729. The first-order chi connectivity index (χ1) is 5.07. The maximum Gasteiger partial charge on any atom is 0.249 e. The molecule has 64 valence electrons. The lowest BCUT2D eigenvalue weighted by atomic mass is 10.2. The van der Waals surface area contributed by atoms with Crippen LogP contribution in [0.1, 0.15) is 19.8 Å². The lowest BCUT2D eigenvalue weighted by Crippen LogP contribution is -2.20. The number of allylic oxidation sites excluding steroid dienone is 1. The topological polar surface area (TPSA) is 46.3 Å². The zero-order valence-corrected chi connectivity index (χ0v) is 7.56. The van der Waals surface area contributed by atoms with Gasteiger partial charge in [0, 0.05) is 18.8 Å². The molecule has 0 aromatic rings. The first-order valence-electron chi connectivity index (χ1n) is 3.46. The van der Waals surface area contributed by atoms with Crippen LogP contribution >= 0.6 is 11.6 Å². The molecule has 0 aliphatic carbocycles. The number of hydrazine groups is 1. The summed E-state index contributed by atoms with van der Waals surface area (Å²) in [6.45, 7) is 1.98. The van der Waals surface area contributed by atoms with Crippen molar-refractivity contribution in [3.63, 3.8) is 0 Å². The zero-order valence-electron chi connectivity index (χ0n) is 6.80. The van der Waals surface area contributed by atoms with Gasteiger partial charge >= 0.3 is 0 Å². The lowest BCUT2D eigenvalue weighted by Gasteiger charge is -2.06. The van der Waals surface area contributed by atoms with Gasteiger partial charge in [-0.3, -0.25) is 4.79 Å². The number of rotatable bonds is 4. The van der Waals surface area contributed by atoms with Crippen LogP contribution in [0, 0.1) is 0 Å². The minimum Gasteiger partial charge on any atom is -0.321 e. The summed E-state index contributed by atoms with van der Waals surface area (Å²) < 4.78 is 0. The first kappa shape index (κ1) is 10.5. The molecule has 4 heteroatoms. The molecule has 0 saturated carbocycles. The van der Waals surface area contributed by atoms with E-state index in [1.807, 2.05) is 6.92 Å². The summed E-state index contributed by atoms with van der Waals surface area (Å²) in [5.41, 5.74) is 0.555. The van der Waals surface area contributed by atoms with E-state index in [2.05, 4.69) is 0 Å². The Balaban J connectivity index is 4.20. The molecule has 11 heavy (non-hydrogen) atoms. The van der Waals surface area contributed by atoms with Crippen molar-refractivity contribution in [3.05, 3.63) is 11.8 Å². The predicted molar refractivity (Wildman–Crippen MR) is 45.8 cm³/mol. The van der Waals surface area contributed by atoms with Gasteiger partial charge in [-0.25, -0.2) is 5.84 Å². The Morgan fingerprint density at radius 3 is 2.55 bits per heavy atom. The Morgan fingerprint density at radius 2 is 2.27 bits per heavy atom.